The van der Waals surface area contributed by atoms with Crippen molar-refractivity contribution >= 4 is 11.9 Å². The van der Waals surface area contributed by atoms with E-state index in [4.69, 9.17) is 0 Å². The molecule has 1 aromatic heterocycles. The number of amides is 1. The smallest absolute Gasteiger partial charge is 0.314 e. The fourth-order valence-corrected chi connectivity index (χ4v) is 3.69. The maximum absolute atomic E-state index is 12.8. The summed E-state index contributed by atoms with van der Waals surface area (Å²) in [6.07, 6.45) is 2.26. The van der Waals surface area contributed by atoms with Gasteiger partial charge in [0.15, 0.2) is 0 Å². The zero-order valence-corrected chi connectivity index (χ0v) is 15.1. The highest BCUT2D eigenvalue weighted by molar-refractivity contribution is 5.94. The minimum atomic E-state index is -0.942. The van der Waals surface area contributed by atoms with Crippen LogP contribution in [0.5, 0.6) is 0 Å². The van der Waals surface area contributed by atoms with E-state index in [1.54, 1.807) is 29.2 Å². The first-order valence-corrected chi connectivity index (χ1v) is 9.02. The van der Waals surface area contributed by atoms with Crippen molar-refractivity contribution in [2.45, 2.75) is 18.3 Å². The number of likely N-dealkylation sites (tertiary alicyclic amines) is 1. The molecule has 1 N–H and O–H groups in total. The standard InChI is InChI=1S/C20H19N5O3/c26-18(15-6-8-17(9-7-15)25-14-21-22-23-25)24-12-10-20(11-13-24,19(27)28)16-4-2-1-3-5-16/h1-9,14H,10-13H2,(H,27,28). The van der Waals surface area contributed by atoms with Crippen LogP contribution in [0.2, 0.25) is 0 Å². The molecule has 142 valence electrons. The van der Waals surface area contributed by atoms with Gasteiger partial charge in [-0.15, -0.1) is 5.10 Å². The summed E-state index contributed by atoms with van der Waals surface area (Å²) in [6.45, 7) is 0.795. The number of benzene rings is 2. The molecule has 2 heterocycles. The topological polar surface area (TPSA) is 101 Å². The predicted octanol–water partition coefficient (Wildman–Crippen LogP) is 1.92. The molecule has 0 atom stereocenters. The highest BCUT2D eigenvalue weighted by atomic mass is 16.4. The SMILES string of the molecule is O=C(c1ccc(-n2cnnn2)cc1)N1CCC(C(=O)O)(c2ccccc2)CC1. The maximum atomic E-state index is 12.8. The molecule has 1 saturated heterocycles. The van der Waals surface area contributed by atoms with Crippen LogP contribution in [0.4, 0.5) is 0 Å². The zero-order valence-electron chi connectivity index (χ0n) is 15.1. The lowest BCUT2D eigenvalue weighted by Crippen LogP contribution is -2.49. The molecule has 8 nitrogen and oxygen atoms in total. The summed E-state index contributed by atoms with van der Waals surface area (Å²) in [7, 11) is 0. The van der Waals surface area contributed by atoms with Crippen molar-refractivity contribution < 1.29 is 14.7 Å². The van der Waals surface area contributed by atoms with Gasteiger partial charge in [-0.2, -0.15) is 0 Å². The number of carboxylic acid groups (broad SMARTS) is 1. The third kappa shape index (κ3) is 3.13. The minimum absolute atomic E-state index is 0.102. The summed E-state index contributed by atoms with van der Waals surface area (Å²) in [5.41, 5.74) is 1.16. The van der Waals surface area contributed by atoms with E-state index in [0.717, 1.165) is 11.3 Å². The monoisotopic (exact) mass is 377 g/mol. The molecule has 1 fully saturated rings. The average molecular weight is 377 g/mol. The normalized spacial score (nSPS) is 15.9. The second-order valence-electron chi connectivity index (χ2n) is 6.85. The molecule has 28 heavy (non-hydrogen) atoms. The molecule has 0 radical (unpaired) electrons. The molecular formula is C20H19N5O3. The van der Waals surface area contributed by atoms with Crippen LogP contribution >= 0.6 is 0 Å². The molecule has 0 saturated carbocycles. The summed E-state index contributed by atoms with van der Waals surface area (Å²) >= 11 is 0. The summed E-state index contributed by atoms with van der Waals surface area (Å²) in [5, 5.41) is 20.9. The third-order valence-corrected chi connectivity index (χ3v) is 5.37. The van der Waals surface area contributed by atoms with Crippen molar-refractivity contribution in [2.75, 3.05) is 13.1 Å². The van der Waals surface area contributed by atoms with Crippen molar-refractivity contribution in [3.8, 4) is 5.69 Å². The first-order chi connectivity index (χ1) is 13.6. The quantitative estimate of drug-likeness (QED) is 0.745. The minimum Gasteiger partial charge on any atom is -0.481 e. The van der Waals surface area contributed by atoms with Crippen LogP contribution in [0, 0.1) is 0 Å². The molecule has 1 aliphatic heterocycles. The van der Waals surface area contributed by atoms with E-state index in [1.807, 2.05) is 30.3 Å². The number of rotatable bonds is 4. The van der Waals surface area contributed by atoms with Gasteiger partial charge in [0.05, 0.1) is 11.1 Å². The van der Waals surface area contributed by atoms with Crippen molar-refractivity contribution in [1.82, 2.24) is 25.1 Å². The highest BCUT2D eigenvalue weighted by Crippen LogP contribution is 2.36. The molecule has 0 aliphatic carbocycles. The van der Waals surface area contributed by atoms with Crippen molar-refractivity contribution in [1.29, 1.82) is 0 Å². The van der Waals surface area contributed by atoms with E-state index in [2.05, 4.69) is 15.5 Å². The highest BCUT2D eigenvalue weighted by Gasteiger charge is 2.43. The Morgan fingerprint density at radius 3 is 2.21 bits per heavy atom. The Morgan fingerprint density at radius 1 is 0.964 bits per heavy atom. The molecule has 3 aromatic rings. The van der Waals surface area contributed by atoms with Crippen molar-refractivity contribution in [2.24, 2.45) is 0 Å². The number of nitrogens with zero attached hydrogens (tertiary/aromatic N) is 5. The Balaban J connectivity index is 1.48. The van der Waals surface area contributed by atoms with Gasteiger partial charge in [0.2, 0.25) is 0 Å². The third-order valence-electron chi connectivity index (χ3n) is 5.37. The average Bonchev–Trinajstić information content (AvgIpc) is 3.29. The molecule has 8 heteroatoms. The van der Waals surface area contributed by atoms with E-state index in [-0.39, 0.29) is 5.91 Å². The molecule has 4 rings (SSSR count). The molecule has 1 aliphatic rings. The summed E-state index contributed by atoms with van der Waals surface area (Å²) in [4.78, 5) is 26.6. The fourth-order valence-electron chi connectivity index (χ4n) is 3.69. The first kappa shape index (κ1) is 17.8. The lowest BCUT2D eigenvalue weighted by molar-refractivity contribution is -0.145. The number of tetrazole rings is 1. The summed E-state index contributed by atoms with van der Waals surface area (Å²) < 4.78 is 1.51. The number of aliphatic carboxylic acids is 1. The number of carbonyl (C=O) groups excluding carboxylic acids is 1. The number of aromatic nitrogens is 4. The van der Waals surface area contributed by atoms with Gasteiger partial charge in [-0.1, -0.05) is 30.3 Å². The van der Waals surface area contributed by atoms with Crippen LogP contribution in [0.25, 0.3) is 5.69 Å². The van der Waals surface area contributed by atoms with Gasteiger partial charge in [-0.05, 0) is 53.1 Å². The number of hydrogen-bond donors (Lipinski definition) is 1. The van der Waals surface area contributed by atoms with Gasteiger partial charge >= 0.3 is 5.97 Å². The van der Waals surface area contributed by atoms with Gasteiger partial charge in [-0.25, -0.2) is 4.68 Å². The van der Waals surface area contributed by atoms with Crippen molar-refractivity contribution in [3.63, 3.8) is 0 Å². The Hall–Kier alpha value is -3.55. The molecule has 0 unspecified atom stereocenters. The van der Waals surface area contributed by atoms with E-state index in [1.165, 1.54) is 11.0 Å². The molecule has 0 bridgehead atoms. The van der Waals surface area contributed by atoms with Crippen LogP contribution in [0.1, 0.15) is 28.8 Å². The molecule has 2 aromatic carbocycles. The van der Waals surface area contributed by atoms with Crippen LogP contribution < -0.4 is 0 Å². The van der Waals surface area contributed by atoms with Gasteiger partial charge < -0.3 is 10.0 Å². The van der Waals surface area contributed by atoms with Crippen LogP contribution in [0.3, 0.4) is 0 Å². The lowest BCUT2D eigenvalue weighted by Gasteiger charge is -2.39. The summed E-state index contributed by atoms with van der Waals surface area (Å²) in [6, 6.07) is 16.3. The van der Waals surface area contributed by atoms with E-state index >= 15 is 0 Å². The fraction of sp³-hybridized carbons (Fsp3) is 0.250. The Labute approximate surface area is 161 Å². The van der Waals surface area contributed by atoms with Gasteiger partial charge in [0.1, 0.15) is 6.33 Å². The van der Waals surface area contributed by atoms with Crippen LogP contribution in [-0.4, -0.2) is 55.2 Å². The second kappa shape index (κ2) is 7.22. The van der Waals surface area contributed by atoms with Gasteiger partial charge in [-0.3, -0.25) is 9.59 Å². The first-order valence-electron chi connectivity index (χ1n) is 9.02. The number of carboxylic acids is 1. The zero-order chi connectivity index (χ0) is 19.6. The molecular weight excluding hydrogens is 358 g/mol. The van der Waals surface area contributed by atoms with Crippen molar-refractivity contribution in [3.05, 3.63) is 72.1 Å². The Morgan fingerprint density at radius 2 is 1.64 bits per heavy atom. The maximum Gasteiger partial charge on any atom is 0.314 e. The Kier molecular flexibility index (Phi) is 4.60. The van der Waals surface area contributed by atoms with E-state index < -0.39 is 11.4 Å². The largest absolute Gasteiger partial charge is 0.481 e. The number of hydrogen-bond acceptors (Lipinski definition) is 5. The number of carbonyl (C=O) groups is 2. The second-order valence-corrected chi connectivity index (χ2v) is 6.85. The Bertz CT molecular complexity index is 963. The van der Waals surface area contributed by atoms with Crippen LogP contribution in [-0.2, 0) is 10.2 Å². The predicted molar refractivity (Wildman–Crippen MR) is 100 cm³/mol. The number of piperidine rings is 1. The van der Waals surface area contributed by atoms with E-state index in [0.29, 0.717) is 31.5 Å². The lowest BCUT2D eigenvalue weighted by atomic mass is 9.73. The molecule has 0 spiro atoms. The van der Waals surface area contributed by atoms with Crippen LogP contribution in [0.15, 0.2) is 60.9 Å². The summed E-state index contributed by atoms with van der Waals surface area (Å²) in [5.74, 6) is -0.938. The van der Waals surface area contributed by atoms with Gasteiger partial charge in [0.25, 0.3) is 5.91 Å². The molecule has 1 amide bonds. The van der Waals surface area contributed by atoms with E-state index in [9.17, 15) is 14.7 Å². The van der Waals surface area contributed by atoms with Gasteiger partial charge in [0, 0.05) is 18.7 Å².